The van der Waals surface area contributed by atoms with Gasteiger partial charge in [0.25, 0.3) is 0 Å². The lowest BCUT2D eigenvalue weighted by molar-refractivity contribution is -0.133. The van der Waals surface area contributed by atoms with E-state index in [0.717, 1.165) is 111 Å². The Morgan fingerprint density at radius 2 is 0.395 bits per heavy atom. The fourth-order valence-electron chi connectivity index (χ4n) is 18.2. The molecule has 0 radical (unpaired) electrons. The molecule has 2 heterocycles. The van der Waals surface area contributed by atoms with Crippen molar-refractivity contribution in [1.82, 2.24) is 19.9 Å². The summed E-state index contributed by atoms with van der Waals surface area (Å²) < 4.78 is 13.7. The maximum atomic E-state index is 14.1. The second kappa shape index (κ2) is 15.8. The molecule has 0 fully saturated rings. The average Bonchev–Trinajstić information content (AvgIpc) is 0.713. The third-order valence-electron chi connectivity index (χ3n) is 21.1. The van der Waals surface area contributed by atoms with Crippen LogP contribution in [0.3, 0.4) is 0 Å². The van der Waals surface area contributed by atoms with E-state index in [0.29, 0.717) is 11.5 Å². The molecule has 2 aromatic heterocycles. The van der Waals surface area contributed by atoms with Gasteiger partial charge in [-0.3, -0.25) is 9.59 Å². The van der Waals surface area contributed by atoms with Gasteiger partial charge in [-0.05, 0) is 160 Å². The summed E-state index contributed by atoms with van der Waals surface area (Å²) in [6.07, 6.45) is 0. The van der Waals surface area contributed by atoms with Gasteiger partial charge in [-0.2, -0.15) is 0 Å². The minimum Gasteiger partial charge on any atom is -0.426 e. The van der Waals surface area contributed by atoms with Gasteiger partial charge in [-0.25, -0.2) is 19.9 Å². The number of benzene rings is 11. The molecular weight excluding hydrogens is 1060 g/mol. The molecule has 13 aromatic rings. The van der Waals surface area contributed by atoms with E-state index in [9.17, 15) is 9.59 Å². The van der Waals surface area contributed by atoms with Crippen LogP contribution in [0.25, 0.3) is 44.1 Å². The standard InChI is InChI=1S/C78H46N4O4/c1-35(83)85-77-73-69-45-23-11-13-25-47(45)71(55-33-63-61(31-53(55)69)79-57-27-49-51(29-59(57)81-63)67-41-19-7-3-15-37(41)65(49)38-16-4-8-20-42(38)67)75(73)78(86-36(2)84)76-72-48-26-14-12-24-46(48)70(74(76)77)54-32-62-64(34-56(54)72)82-60-30-52-50(28-58(60)80-62)66-39-17-5-9-21-43(39)68(52)44-22-10-6-18-40(44)66/h3-34,65-72H,1-2H3. The van der Waals surface area contributed by atoms with Gasteiger partial charge in [0, 0.05) is 83.4 Å². The van der Waals surface area contributed by atoms with Gasteiger partial charge in [-0.15, -0.1) is 0 Å². The number of rotatable bonds is 2. The molecule has 12 aliphatic rings. The van der Waals surface area contributed by atoms with Crippen molar-refractivity contribution in [3.05, 3.63) is 328 Å². The monoisotopic (exact) mass is 1100 g/mol. The lowest BCUT2D eigenvalue weighted by Crippen LogP contribution is -2.34. The minimum atomic E-state index is -0.421. The smallest absolute Gasteiger partial charge is 0.308 e. The Morgan fingerprint density at radius 1 is 0.244 bits per heavy atom. The van der Waals surface area contributed by atoms with Gasteiger partial charge in [0.2, 0.25) is 0 Å². The van der Waals surface area contributed by atoms with Gasteiger partial charge in [0.05, 0.1) is 44.1 Å². The van der Waals surface area contributed by atoms with Crippen LogP contribution < -0.4 is 9.47 Å². The largest absolute Gasteiger partial charge is 0.426 e. The van der Waals surface area contributed by atoms with Crippen LogP contribution >= 0.6 is 0 Å². The maximum absolute atomic E-state index is 14.1. The van der Waals surface area contributed by atoms with E-state index >= 15 is 0 Å². The summed E-state index contributed by atoms with van der Waals surface area (Å²) in [6.45, 7) is 2.99. The van der Waals surface area contributed by atoms with E-state index in [2.05, 4.69) is 194 Å². The Balaban J connectivity index is 0.785. The zero-order valence-corrected chi connectivity index (χ0v) is 46.5. The van der Waals surface area contributed by atoms with Crippen molar-refractivity contribution in [2.24, 2.45) is 0 Å². The third-order valence-corrected chi connectivity index (χ3v) is 21.1. The first-order valence-electron chi connectivity index (χ1n) is 30.0. The van der Waals surface area contributed by atoms with E-state index in [4.69, 9.17) is 29.4 Å². The normalized spacial score (nSPS) is 21.2. The van der Waals surface area contributed by atoms with Crippen LogP contribution in [0.4, 0.5) is 0 Å². The van der Waals surface area contributed by atoms with Crippen molar-refractivity contribution < 1.29 is 19.1 Å². The van der Waals surface area contributed by atoms with Crippen molar-refractivity contribution in [2.45, 2.75) is 61.2 Å². The van der Waals surface area contributed by atoms with E-state index in [-0.39, 0.29) is 23.7 Å². The number of carbonyl (C=O) groups is 2. The molecule has 25 rings (SSSR count). The number of aromatic nitrogens is 4. The highest BCUT2D eigenvalue weighted by Crippen LogP contribution is 2.69. The second-order valence-corrected chi connectivity index (χ2v) is 25.1. The van der Waals surface area contributed by atoms with Crippen LogP contribution in [0, 0.1) is 0 Å². The van der Waals surface area contributed by atoms with E-state index < -0.39 is 35.6 Å². The van der Waals surface area contributed by atoms with E-state index in [1.165, 1.54) is 80.6 Å². The van der Waals surface area contributed by atoms with Gasteiger partial charge < -0.3 is 9.47 Å². The summed E-state index contributed by atoms with van der Waals surface area (Å²) in [4.78, 5) is 50.3. The highest BCUT2D eigenvalue weighted by Gasteiger charge is 2.54. The number of carbonyl (C=O) groups excluding carboxylic acids is 2. The second-order valence-electron chi connectivity index (χ2n) is 25.1. The number of hydrogen-bond donors (Lipinski definition) is 0. The molecule has 4 unspecified atom stereocenters. The maximum Gasteiger partial charge on any atom is 0.308 e. The third kappa shape index (κ3) is 5.58. The Morgan fingerprint density at radius 3 is 0.558 bits per heavy atom. The predicted molar refractivity (Wildman–Crippen MR) is 329 cm³/mol. The minimum absolute atomic E-state index is 0.105. The predicted octanol–water partition coefficient (Wildman–Crippen LogP) is 15.7. The SMILES string of the molecule is CC(=O)Oc1c2c(c(OC(C)=O)c3c1C1c4ccccc4C3c3cc4nc5cc6c(cc5nc4cc31)C1c3ccccc3C6c3ccccc31)C1c3ccccc3C2c2cc3nc4cc5c(cc4nc3cc21)C1c2ccccc2C5c2ccccc21. The Kier molecular flexibility index (Phi) is 8.48. The van der Waals surface area contributed by atoms with Crippen molar-refractivity contribution in [1.29, 1.82) is 0 Å². The van der Waals surface area contributed by atoms with E-state index in [1.54, 1.807) is 0 Å². The van der Waals surface area contributed by atoms with Crippen LogP contribution in [-0.2, 0) is 9.59 Å². The lowest BCUT2D eigenvalue weighted by atomic mass is 9.55. The molecule has 12 aliphatic carbocycles. The van der Waals surface area contributed by atoms with Crippen LogP contribution in [-0.4, -0.2) is 31.9 Å². The van der Waals surface area contributed by atoms with Gasteiger partial charge >= 0.3 is 11.9 Å². The number of hydrogen-bond acceptors (Lipinski definition) is 8. The quantitative estimate of drug-likeness (QED) is 0.0958. The molecular formula is C78H46N4O4. The topological polar surface area (TPSA) is 104 Å². The molecule has 0 spiro atoms. The van der Waals surface area contributed by atoms with E-state index in [1.807, 2.05) is 0 Å². The fourth-order valence-corrected chi connectivity index (χ4v) is 18.2. The van der Waals surface area contributed by atoms with Crippen molar-refractivity contribution in [2.75, 3.05) is 0 Å². The molecule has 8 heteroatoms. The molecule has 8 nitrogen and oxygen atoms in total. The van der Waals surface area contributed by atoms with Gasteiger partial charge in [0.1, 0.15) is 11.5 Å². The highest BCUT2D eigenvalue weighted by molar-refractivity contribution is 5.95. The first-order valence-corrected chi connectivity index (χ1v) is 30.0. The molecule has 0 aliphatic heterocycles. The zero-order valence-electron chi connectivity index (χ0n) is 46.5. The lowest BCUT2D eigenvalue weighted by Gasteiger charge is -2.48. The molecule has 402 valence electrons. The summed E-state index contributed by atoms with van der Waals surface area (Å²) in [5, 5.41) is 0. The first-order chi connectivity index (χ1) is 42.3. The molecule has 11 aromatic carbocycles. The average molecular weight is 1100 g/mol. The van der Waals surface area contributed by atoms with Crippen molar-refractivity contribution in [3.8, 4) is 11.5 Å². The molecule has 0 saturated carbocycles. The molecule has 0 saturated heterocycles. The van der Waals surface area contributed by atoms with Crippen molar-refractivity contribution >= 4 is 56.1 Å². The molecule has 4 atom stereocenters. The Labute approximate surface area is 492 Å². The number of ether oxygens (including phenoxy) is 2. The summed E-state index contributed by atoms with van der Waals surface area (Å²) in [6, 6.07) is 71.0. The van der Waals surface area contributed by atoms with Gasteiger partial charge in [0.15, 0.2) is 0 Å². The molecule has 0 amide bonds. The van der Waals surface area contributed by atoms with Crippen LogP contribution in [0.5, 0.6) is 11.5 Å². The summed E-state index contributed by atoms with van der Waals surface area (Å²) >= 11 is 0. The summed E-state index contributed by atoms with van der Waals surface area (Å²) in [5.74, 6) is -0.997. The Bertz CT molecular complexity index is 4730. The van der Waals surface area contributed by atoms with Crippen LogP contribution in [0.2, 0.25) is 0 Å². The van der Waals surface area contributed by atoms with Crippen molar-refractivity contribution in [3.63, 3.8) is 0 Å². The zero-order chi connectivity index (χ0) is 56.3. The van der Waals surface area contributed by atoms with Gasteiger partial charge in [-0.1, -0.05) is 146 Å². The number of fused-ring (bicyclic) bond motifs is 4. The summed E-state index contributed by atoms with van der Waals surface area (Å²) in [7, 11) is 0. The Hall–Kier alpha value is -10.4. The fraction of sp³-hybridized carbons (Fsp3) is 0.128. The number of nitrogens with zero attached hydrogens (tertiary/aromatic N) is 4. The first kappa shape index (κ1) is 46.0. The highest BCUT2D eigenvalue weighted by atomic mass is 16.5. The summed E-state index contributed by atoms with van der Waals surface area (Å²) in [5.41, 5.74) is 34.8. The van der Waals surface area contributed by atoms with Crippen LogP contribution in [0.1, 0.15) is 195 Å². The molecule has 86 heavy (non-hydrogen) atoms. The molecule has 8 bridgehead atoms. The van der Waals surface area contributed by atoms with Crippen LogP contribution in [0.15, 0.2) is 194 Å². The molecule has 0 N–H and O–H groups in total. The number of esters is 2.